The molecule has 5 heteroatoms. The second-order valence-corrected chi connectivity index (χ2v) is 3.90. The van der Waals surface area contributed by atoms with Gasteiger partial charge in [0.05, 0.1) is 5.56 Å². The minimum absolute atomic E-state index is 0.302. The van der Waals surface area contributed by atoms with Gasteiger partial charge in [-0.15, -0.1) is 0 Å². The Morgan fingerprint density at radius 2 is 2.17 bits per heavy atom. The van der Waals surface area contributed by atoms with Gasteiger partial charge in [0.1, 0.15) is 0 Å². The Bertz CT molecular complexity index is 509. The summed E-state index contributed by atoms with van der Waals surface area (Å²) in [4.78, 5) is 11.0. The van der Waals surface area contributed by atoms with E-state index >= 15 is 0 Å². The molecule has 94 valence electrons. The van der Waals surface area contributed by atoms with E-state index in [0.717, 1.165) is 13.0 Å². The van der Waals surface area contributed by atoms with Crippen LogP contribution in [0.4, 0.5) is 5.69 Å². The first-order valence-corrected chi connectivity index (χ1v) is 5.81. The van der Waals surface area contributed by atoms with Gasteiger partial charge in [-0.1, -0.05) is 12.1 Å². The van der Waals surface area contributed by atoms with E-state index in [-0.39, 0.29) is 0 Å². The van der Waals surface area contributed by atoms with Crippen molar-refractivity contribution >= 4 is 11.7 Å². The highest BCUT2D eigenvalue weighted by Crippen LogP contribution is 2.14. The lowest BCUT2D eigenvalue weighted by Gasteiger charge is -2.09. The molecule has 0 fully saturated rings. The van der Waals surface area contributed by atoms with E-state index in [0.29, 0.717) is 17.8 Å². The van der Waals surface area contributed by atoms with Crippen LogP contribution in [0.15, 0.2) is 42.7 Å². The number of aromatic nitrogens is 2. The quantitative estimate of drug-likeness (QED) is 0.765. The molecule has 0 aliphatic carbocycles. The molecule has 0 amide bonds. The standard InChI is InChI=1S/C13H15N3O2/c17-13(18)11-5-1-2-6-12(11)14-7-3-9-16-10-4-8-15-16/h1-2,4-6,8,10,14H,3,7,9H2,(H,17,18). The molecule has 0 spiro atoms. The third-order valence-corrected chi connectivity index (χ3v) is 2.60. The van der Waals surface area contributed by atoms with Crippen LogP contribution in [-0.4, -0.2) is 27.4 Å². The van der Waals surface area contributed by atoms with Gasteiger partial charge >= 0.3 is 5.97 Å². The van der Waals surface area contributed by atoms with Crippen LogP contribution in [0, 0.1) is 0 Å². The number of hydrogen-bond donors (Lipinski definition) is 2. The number of aromatic carboxylic acids is 1. The lowest BCUT2D eigenvalue weighted by atomic mass is 10.2. The van der Waals surface area contributed by atoms with Gasteiger partial charge < -0.3 is 10.4 Å². The van der Waals surface area contributed by atoms with Gasteiger partial charge in [-0.25, -0.2) is 4.79 Å². The van der Waals surface area contributed by atoms with E-state index in [4.69, 9.17) is 5.11 Å². The van der Waals surface area contributed by atoms with Crippen LogP contribution >= 0.6 is 0 Å². The molecular weight excluding hydrogens is 230 g/mol. The summed E-state index contributed by atoms with van der Waals surface area (Å²) in [6.07, 6.45) is 4.54. The fourth-order valence-electron chi connectivity index (χ4n) is 1.72. The molecule has 0 saturated carbocycles. The lowest BCUT2D eigenvalue weighted by Crippen LogP contribution is -2.10. The summed E-state index contributed by atoms with van der Waals surface area (Å²) in [5, 5.41) is 16.3. The minimum Gasteiger partial charge on any atom is -0.478 e. The van der Waals surface area contributed by atoms with E-state index in [9.17, 15) is 4.79 Å². The summed E-state index contributed by atoms with van der Waals surface area (Å²) in [5.41, 5.74) is 0.960. The predicted octanol–water partition coefficient (Wildman–Crippen LogP) is 2.08. The molecule has 5 nitrogen and oxygen atoms in total. The number of rotatable bonds is 6. The van der Waals surface area contributed by atoms with Gasteiger partial charge in [-0.2, -0.15) is 5.10 Å². The summed E-state index contributed by atoms with van der Waals surface area (Å²) in [7, 11) is 0. The number of para-hydroxylation sites is 1. The van der Waals surface area contributed by atoms with Crippen LogP contribution in [0.5, 0.6) is 0 Å². The van der Waals surface area contributed by atoms with Gasteiger partial charge in [0.2, 0.25) is 0 Å². The highest BCUT2D eigenvalue weighted by atomic mass is 16.4. The third-order valence-electron chi connectivity index (χ3n) is 2.60. The van der Waals surface area contributed by atoms with Crippen molar-refractivity contribution in [2.24, 2.45) is 0 Å². The molecule has 0 unspecified atom stereocenters. The van der Waals surface area contributed by atoms with Crippen molar-refractivity contribution in [1.82, 2.24) is 9.78 Å². The smallest absolute Gasteiger partial charge is 0.337 e. The van der Waals surface area contributed by atoms with Crippen LogP contribution in [-0.2, 0) is 6.54 Å². The van der Waals surface area contributed by atoms with Crippen molar-refractivity contribution in [3.05, 3.63) is 48.3 Å². The largest absolute Gasteiger partial charge is 0.478 e. The molecule has 2 N–H and O–H groups in total. The first kappa shape index (κ1) is 12.2. The Morgan fingerprint density at radius 3 is 2.89 bits per heavy atom. The lowest BCUT2D eigenvalue weighted by molar-refractivity contribution is 0.0698. The first-order valence-electron chi connectivity index (χ1n) is 5.81. The molecule has 1 heterocycles. The molecule has 1 aromatic carbocycles. The molecule has 1 aromatic heterocycles. The Labute approximate surface area is 105 Å². The van der Waals surface area contributed by atoms with Crippen molar-refractivity contribution in [2.75, 3.05) is 11.9 Å². The van der Waals surface area contributed by atoms with Crippen LogP contribution in [0.1, 0.15) is 16.8 Å². The molecule has 0 radical (unpaired) electrons. The number of nitrogens with one attached hydrogen (secondary N) is 1. The number of carboxylic acid groups (broad SMARTS) is 1. The fourth-order valence-corrected chi connectivity index (χ4v) is 1.72. The number of hydrogen-bond acceptors (Lipinski definition) is 3. The second kappa shape index (κ2) is 5.86. The van der Waals surface area contributed by atoms with Crippen molar-refractivity contribution in [3.8, 4) is 0 Å². The topological polar surface area (TPSA) is 67.2 Å². The molecule has 18 heavy (non-hydrogen) atoms. The molecule has 0 bridgehead atoms. The van der Waals surface area contributed by atoms with E-state index < -0.39 is 5.97 Å². The van der Waals surface area contributed by atoms with E-state index in [1.807, 2.05) is 23.0 Å². The maximum atomic E-state index is 11.0. The summed E-state index contributed by atoms with van der Waals surface area (Å²) in [6, 6.07) is 8.79. The number of nitrogens with zero attached hydrogens (tertiary/aromatic N) is 2. The predicted molar refractivity (Wildman–Crippen MR) is 68.7 cm³/mol. The van der Waals surface area contributed by atoms with Gasteiger partial charge in [-0.3, -0.25) is 4.68 Å². The number of anilines is 1. The van der Waals surface area contributed by atoms with E-state index in [1.54, 1.807) is 24.4 Å². The van der Waals surface area contributed by atoms with E-state index in [2.05, 4.69) is 10.4 Å². The average molecular weight is 245 g/mol. The Balaban J connectivity index is 1.85. The van der Waals surface area contributed by atoms with E-state index in [1.165, 1.54) is 0 Å². The molecule has 2 rings (SSSR count). The van der Waals surface area contributed by atoms with Gasteiger partial charge in [0, 0.05) is 31.2 Å². The molecule has 0 aliphatic heterocycles. The summed E-state index contributed by atoms with van der Waals surface area (Å²) >= 11 is 0. The van der Waals surface area contributed by atoms with Crippen molar-refractivity contribution < 1.29 is 9.90 Å². The number of aryl methyl sites for hydroxylation is 1. The number of benzene rings is 1. The maximum absolute atomic E-state index is 11.0. The van der Waals surface area contributed by atoms with Crippen LogP contribution in [0.25, 0.3) is 0 Å². The number of carbonyl (C=O) groups is 1. The fraction of sp³-hybridized carbons (Fsp3) is 0.231. The van der Waals surface area contributed by atoms with Crippen LogP contribution < -0.4 is 5.32 Å². The summed E-state index contributed by atoms with van der Waals surface area (Å²) in [6.45, 7) is 1.53. The van der Waals surface area contributed by atoms with Crippen molar-refractivity contribution in [1.29, 1.82) is 0 Å². The Hall–Kier alpha value is -2.30. The number of carboxylic acids is 1. The van der Waals surface area contributed by atoms with Gasteiger partial charge in [0.25, 0.3) is 0 Å². The molecule has 0 aliphatic rings. The highest BCUT2D eigenvalue weighted by molar-refractivity contribution is 5.94. The zero-order valence-corrected chi connectivity index (χ0v) is 9.91. The Morgan fingerprint density at radius 1 is 1.33 bits per heavy atom. The monoisotopic (exact) mass is 245 g/mol. The molecule has 2 aromatic rings. The SMILES string of the molecule is O=C(O)c1ccccc1NCCCn1cccn1. The summed E-state index contributed by atoms with van der Waals surface area (Å²) < 4.78 is 1.85. The zero-order chi connectivity index (χ0) is 12.8. The first-order chi connectivity index (χ1) is 8.77. The molecule has 0 saturated heterocycles. The highest BCUT2D eigenvalue weighted by Gasteiger charge is 2.07. The Kier molecular flexibility index (Phi) is 3.96. The maximum Gasteiger partial charge on any atom is 0.337 e. The minimum atomic E-state index is -0.912. The van der Waals surface area contributed by atoms with Crippen molar-refractivity contribution in [3.63, 3.8) is 0 Å². The molecular formula is C13H15N3O2. The van der Waals surface area contributed by atoms with Gasteiger partial charge in [0.15, 0.2) is 0 Å². The van der Waals surface area contributed by atoms with Crippen LogP contribution in [0.2, 0.25) is 0 Å². The van der Waals surface area contributed by atoms with Crippen molar-refractivity contribution in [2.45, 2.75) is 13.0 Å². The van der Waals surface area contributed by atoms with Gasteiger partial charge in [-0.05, 0) is 24.6 Å². The second-order valence-electron chi connectivity index (χ2n) is 3.90. The zero-order valence-electron chi connectivity index (χ0n) is 9.91. The normalized spacial score (nSPS) is 10.2. The van der Waals surface area contributed by atoms with Crippen LogP contribution in [0.3, 0.4) is 0 Å². The average Bonchev–Trinajstić information content (AvgIpc) is 2.88. The third kappa shape index (κ3) is 3.10. The summed E-state index contributed by atoms with van der Waals surface area (Å²) in [5.74, 6) is -0.912. The molecule has 0 atom stereocenters.